The standard InChI is InChI=1S/C27H28F3N3O4S/c1-31(19-21-6-3-2-4-7-21)38(35,36)25-12-10-24(11-13-25)37-20-26(34)33-16-14-32(15-17-33)23-9-5-8-22(18-23)27(28,29)30/h2-13,18H,14-17,19-20H2,1H3. The summed E-state index contributed by atoms with van der Waals surface area (Å²) in [6.45, 7) is 1.50. The third-order valence-corrected chi connectivity index (χ3v) is 8.13. The zero-order valence-corrected chi connectivity index (χ0v) is 21.6. The third-order valence-electron chi connectivity index (χ3n) is 6.31. The predicted octanol–water partition coefficient (Wildman–Crippen LogP) is 4.25. The summed E-state index contributed by atoms with van der Waals surface area (Å²) >= 11 is 0. The van der Waals surface area contributed by atoms with Crippen molar-refractivity contribution >= 4 is 21.6 Å². The molecule has 0 spiro atoms. The molecular formula is C27H28F3N3O4S. The van der Waals surface area contributed by atoms with Crippen molar-refractivity contribution in [3.05, 3.63) is 90.0 Å². The second-order valence-corrected chi connectivity index (χ2v) is 11.0. The van der Waals surface area contributed by atoms with Gasteiger partial charge in [-0.2, -0.15) is 17.5 Å². The van der Waals surface area contributed by atoms with Crippen molar-refractivity contribution in [1.82, 2.24) is 9.21 Å². The van der Waals surface area contributed by atoms with Crippen LogP contribution in [0.1, 0.15) is 11.1 Å². The number of anilines is 1. The van der Waals surface area contributed by atoms with Crippen LogP contribution in [0, 0.1) is 0 Å². The molecule has 0 aliphatic carbocycles. The minimum Gasteiger partial charge on any atom is -0.484 e. The lowest BCUT2D eigenvalue weighted by Gasteiger charge is -2.36. The van der Waals surface area contributed by atoms with Crippen LogP contribution >= 0.6 is 0 Å². The lowest BCUT2D eigenvalue weighted by molar-refractivity contribution is -0.137. The van der Waals surface area contributed by atoms with Gasteiger partial charge in [-0.3, -0.25) is 4.79 Å². The van der Waals surface area contributed by atoms with E-state index in [-0.39, 0.29) is 24.0 Å². The van der Waals surface area contributed by atoms with Gasteiger partial charge in [-0.25, -0.2) is 8.42 Å². The number of halogens is 3. The molecule has 7 nitrogen and oxygen atoms in total. The fourth-order valence-electron chi connectivity index (χ4n) is 4.14. The van der Waals surface area contributed by atoms with Gasteiger partial charge in [0, 0.05) is 45.5 Å². The Labute approximate surface area is 220 Å². The average Bonchev–Trinajstić information content (AvgIpc) is 2.92. The number of nitrogens with zero attached hydrogens (tertiary/aromatic N) is 3. The van der Waals surface area contributed by atoms with E-state index in [0.29, 0.717) is 37.6 Å². The molecular weight excluding hydrogens is 519 g/mol. The molecule has 0 radical (unpaired) electrons. The summed E-state index contributed by atoms with van der Waals surface area (Å²) < 4.78 is 71.6. The molecule has 0 atom stereocenters. The largest absolute Gasteiger partial charge is 0.484 e. The normalized spacial score (nSPS) is 14.6. The van der Waals surface area contributed by atoms with Crippen LogP contribution in [0.3, 0.4) is 0 Å². The van der Waals surface area contributed by atoms with Gasteiger partial charge >= 0.3 is 6.18 Å². The molecule has 1 fully saturated rings. The maximum Gasteiger partial charge on any atom is 0.416 e. The zero-order valence-electron chi connectivity index (χ0n) is 20.8. The number of benzene rings is 3. The van der Waals surface area contributed by atoms with Gasteiger partial charge in [0.15, 0.2) is 6.61 Å². The van der Waals surface area contributed by atoms with E-state index in [2.05, 4.69) is 0 Å². The summed E-state index contributed by atoms with van der Waals surface area (Å²) in [5.74, 6) is 0.0959. The van der Waals surface area contributed by atoms with Crippen molar-refractivity contribution in [1.29, 1.82) is 0 Å². The first-order chi connectivity index (χ1) is 18.0. The molecule has 0 unspecified atom stereocenters. The van der Waals surface area contributed by atoms with Gasteiger partial charge in [0.05, 0.1) is 10.5 Å². The van der Waals surface area contributed by atoms with Crippen molar-refractivity contribution in [3.63, 3.8) is 0 Å². The highest BCUT2D eigenvalue weighted by Crippen LogP contribution is 2.32. The number of carbonyl (C=O) groups excluding carboxylic acids is 1. The summed E-state index contributed by atoms with van der Waals surface area (Å²) in [5.41, 5.74) is 0.629. The zero-order chi connectivity index (χ0) is 27.3. The van der Waals surface area contributed by atoms with E-state index >= 15 is 0 Å². The molecule has 202 valence electrons. The smallest absolute Gasteiger partial charge is 0.416 e. The Morgan fingerprint density at radius 2 is 1.58 bits per heavy atom. The van der Waals surface area contributed by atoms with Crippen LogP contribution in [0.2, 0.25) is 0 Å². The molecule has 0 aromatic heterocycles. The number of ether oxygens (including phenoxy) is 1. The molecule has 1 amide bonds. The Hall–Kier alpha value is -3.57. The van der Waals surface area contributed by atoms with E-state index < -0.39 is 21.8 Å². The Bertz CT molecular complexity index is 1340. The Morgan fingerprint density at radius 1 is 0.921 bits per heavy atom. The predicted molar refractivity (Wildman–Crippen MR) is 137 cm³/mol. The number of sulfonamides is 1. The Balaban J connectivity index is 1.28. The van der Waals surface area contributed by atoms with E-state index in [1.54, 1.807) is 11.0 Å². The highest BCUT2D eigenvalue weighted by molar-refractivity contribution is 7.89. The van der Waals surface area contributed by atoms with Crippen LogP contribution < -0.4 is 9.64 Å². The first kappa shape index (κ1) is 27.5. The third kappa shape index (κ3) is 6.65. The lowest BCUT2D eigenvalue weighted by Crippen LogP contribution is -2.50. The van der Waals surface area contributed by atoms with Crippen LogP contribution in [-0.2, 0) is 27.5 Å². The van der Waals surface area contributed by atoms with Crippen molar-refractivity contribution in [2.24, 2.45) is 0 Å². The number of carbonyl (C=O) groups is 1. The molecule has 38 heavy (non-hydrogen) atoms. The monoisotopic (exact) mass is 547 g/mol. The first-order valence-electron chi connectivity index (χ1n) is 12.0. The molecule has 3 aromatic rings. The summed E-state index contributed by atoms with van der Waals surface area (Å²) in [6.07, 6.45) is -4.41. The van der Waals surface area contributed by atoms with E-state index in [4.69, 9.17) is 4.74 Å². The number of rotatable bonds is 8. The quantitative estimate of drug-likeness (QED) is 0.422. The van der Waals surface area contributed by atoms with Gasteiger partial charge in [-0.1, -0.05) is 36.4 Å². The molecule has 1 saturated heterocycles. The molecule has 1 heterocycles. The molecule has 1 aliphatic heterocycles. The number of amides is 1. The Kier molecular flexibility index (Phi) is 8.27. The Morgan fingerprint density at radius 3 is 2.21 bits per heavy atom. The molecule has 3 aromatic carbocycles. The van der Waals surface area contributed by atoms with E-state index in [1.165, 1.54) is 41.7 Å². The number of piperazine rings is 1. The van der Waals surface area contributed by atoms with Crippen LogP contribution in [0.4, 0.5) is 18.9 Å². The fourth-order valence-corrected chi connectivity index (χ4v) is 5.30. The summed E-state index contributed by atoms with van der Waals surface area (Å²) in [5, 5.41) is 0. The summed E-state index contributed by atoms with van der Waals surface area (Å²) in [7, 11) is -2.19. The molecule has 1 aliphatic rings. The average molecular weight is 548 g/mol. The van der Waals surface area contributed by atoms with E-state index in [0.717, 1.165) is 17.7 Å². The van der Waals surface area contributed by atoms with Crippen molar-refractivity contribution < 1.29 is 31.1 Å². The minimum atomic E-state index is -4.41. The minimum absolute atomic E-state index is 0.111. The van der Waals surface area contributed by atoms with Crippen LogP contribution in [0.15, 0.2) is 83.8 Å². The van der Waals surface area contributed by atoms with E-state index in [1.807, 2.05) is 35.2 Å². The van der Waals surface area contributed by atoms with Crippen molar-refractivity contribution in [2.45, 2.75) is 17.6 Å². The first-order valence-corrected chi connectivity index (χ1v) is 13.4. The maximum absolute atomic E-state index is 13.0. The number of hydrogen-bond donors (Lipinski definition) is 0. The van der Waals surface area contributed by atoms with Gasteiger partial charge in [0.25, 0.3) is 5.91 Å². The lowest BCUT2D eigenvalue weighted by atomic mass is 10.1. The second-order valence-electron chi connectivity index (χ2n) is 8.92. The molecule has 11 heteroatoms. The van der Waals surface area contributed by atoms with Crippen molar-refractivity contribution in [3.8, 4) is 5.75 Å². The van der Waals surface area contributed by atoms with Gasteiger partial charge in [0.2, 0.25) is 10.0 Å². The topological polar surface area (TPSA) is 70.2 Å². The molecule has 4 rings (SSSR count). The van der Waals surface area contributed by atoms with Gasteiger partial charge in [-0.15, -0.1) is 0 Å². The van der Waals surface area contributed by atoms with Gasteiger partial charge < -0.3 is 14.5 Å². The van der Waals surface area contributed by atoms with Gasteiger partial charge in [0.1, 0.15) is 5.75 Å². The number of hydrogen-bond acceptors (Lipinski definition) is 5. The molecule has 0 saturated carbocycles. The van der Waals surface area contributed by atoms with Crippen molar-refractivity contribution in [2.75, 3.05) is 44.7 Å². The van der Waals surface area contributed by atoms with E-state index in [9.17, 15) is 26.4 Å². The van der Waals surface area contributed by atoms with Gasteiger partial charge in [-0.05, 0) is 48.0 Å². The fraction of sp³-hybridized carbons (Fsp3) is 0.296. The molecule has 0 N–H and O–H groups in total. The van der Waals surface area contributed by atoms with Crippen LogP contribution in [-0.4, -0.2) is 63.4 Å². The van der Waals surface area contributed by atoms with Crippen LogP contribution in [0.25, 0.3) is 0 Å². The second kappa shape index (κ2) is 11.4. The highest BCUT2D eigenvalue weighted by Gasteiger charge is 2.31. The number of alkyl halides is 3. The summed E-state index contributed by atoms with van der Waals surface area (Å²) in [4.78, 5) is 16.1. The molecule has 0 bridgehead atoms. The summed E-state index contributed by atoms with van der Waals surface area (Å²) in [6, 6.07) is 20.3. The highest BCUT2D eigenvalue weighted by atomic mass is 32.2. The van der Waals surface area contributed by atoms with Crippen LogP contribution in [0.5, 0.6) is 5.75 Å². The maximum atomic E-state index is 13.0. The SMILES string of the molecule is CN(Cc1ccccc1)S(=O)(=O)c1ccc(OCC(=O)N2CCN(c3cccc(C(F)(F)F)c3)CC2)cc1.